The lowest BCUT2D eigenvalue weighted by molar-refractivity contribution is 0.0702. The van der Waals surface area contributed by atoms with E-state index in [-0.39, 0.29) is 0 Å². The first kappa shape index (κ1) is 13.0. The first-order valence-corrected chi connectivity index (χ1v) is 7.08. The number of thiophene rings is 1. The summed E-state index contributed by atoms with van der Waals surface area (Å²) in [6, 6.07) is 11.3. The molecule has 2 aromatic rings. The summed E-state index contributed by atoms with van der Waals surface area (Å²) in [7, 11) is 1.64. The highest BCUT2D eigenvalue weighted by Crippen LogP contribution is 2.28. The van der Waals surface area contributed by atoms with E-state index in [2.05, 4.69) is 0 Å². The Labute approximate surface area is 113 Å². The third-order valence-electron chi connectivity index (χ3n) is 2.29. The Hall–Kier alpha value is -1.46. The van der Waals surface area contributed by atoms with E-state index in [0.717, 1.165) is 21.3 Å². The van der Waals surface area contributed by atoms with E-state index in [1.54, 1.807) is 24.9 Å². The zero-order valence-corrected chi connectivity index (χ0v) is 11.4. The molecule has 0 bridgehead atoms. The van der Waals surface area contributed by atoms with Crippen LogP contribution in [0.3, 0.4) is 0 Å². The van der Waals surface area contributed by atoms with E-state index in [4.69, 9.17) is 9.84 Å². The maximum absolute atomic E-state index is 10.8. The van der Waals surface area contributed by atoms with Gasteiger partial charge in [-0.1, -0.05) is 6.07 Å². The molecule has 3 nitrogen and oxygen atoms in total. The van der Waals surface area contributed by atoms with Gasteiger partial charge >= 0.3 is 5.97 Å². The maximum atomic E-state index is 10.8. The molecule has 0 unspecified atom stereocenters. The Balaban J connectivity index is 1.99. The predicted octanol–water partition coefficient (Wildman–Crippen LogP) is 3.75. The summed E-state index contributed by atoms with van der Waals surface area (Å²) >= 11 is 2.98. The quantitative estimate of drug-likeness (QED) is 0.847. The lowest BCUT2D eigenvalue weighted by atomic mass is 10.3. The van der Waals surface area contributed by atoms with Crippen LogP contribution >= 0.6 is 23.1 Å². The summed E-state index contributed by atoms with van der Waals surface area (Å²) in [6.45, 7) is 0. The minimum Gasteiger partial charge on any atom is -0.497 e. The van der Waals surface area contributed by atoms with Gasteiger partial charge in [0.15, 0.2) is 0 Å². The number of carboxylic acids is 1. The molecule has 1 aromatic carbocycles. The van der Waals surface area contributed by atoms with Crippen molar-refractivity contribution in [2.75, 3.05) is 7.11 Å². The van der Waals surface area contributed by atoms with Crippen molar-refractivity contribution in [2.45, 2.75) is 10.6 Å². The molecular formula is C13H12O3S2. The fraction of sp³-hybridized carbons (Fsp3) is 0.154. The van der Waals surface area contributed by atoms with Crippen molar-refractivity contribution in [1.82, 2.24) is 0 Å². The molecule has 0 fully saturated rings. The van der Waals surface area contributed by atoms with Crippen LogP contribution in [0.1, 0.15) is 14.5 Å². The second-order valence-corrected chi connectivity index (χ2v) is 5.76. The summed E-state index contributed by atoms with van der Waals surface area (Å²) in [4.78, 5) is 13.3. The van der Waals surface area contributed by atoms with E-state index < -0.39 is 5.97 Å². The van der Waals surface area contributed by atoms with Crippen molar-refractivity contribution in [3.63, 3.8) is 0 Å². The number of methoxy groups -OCH3 is 1. The first-order valence-electron chi connectivity index (χ1n) is 5.28. The van der Waals surface area contributed by atoms with Gasteiger partial charge in [0.2, 0.25) is 0 Å². The third-order valence-corrected chi connectivity index (χ3v) is 4.59. The van der Waals surface area contributed by atoms with Gasteiger partial charge in [-0.3, -0.25) is 0 Å². The fourth-order valence-electron chi connectivity index (χ4n) is 1.42. The number of carboxylic acid groups (broad SMARTS) is 1. The SMILES string of the molecule is COc1cccc(SCc2ccc(C(=O)O)s2)c1. The van der Waals surface area contributed by atoms with Crippen molar-refractivity contribution in [2.24, 2.45) is 0 Å². The summed E-state index contributed by atoms with van der Waals surface area (Å²) in [5.41, 5.74) is 0. The topological polar surface area (TPSA) is 46.5 Å². The van der Waals surface area contributed by atoms with Gasteiger partial charge in [0, 0.05) is 15.5 Å². The molecule has 1 aromatic heterocycles. The molecule has 0 amide bonds. The van der Waals surface area contributed by atoms with E-state index in [0.29, 0.717) is 4.88 Å². The van der Waals surface area contributed by atoms with Crippen molar-refractivity contribution in [3.8, 4) is 5.75 Å². The normalized spacial score (nSPS) is 10.3. The van der Waals surface area contributed by atoms with E-state index >= 15 is 0 Å². The van der Waals surface area contributed by atoms with Gasteiger partial charge in [-0.15, -0.1) is 23.1 Å². The molecule has 0 aliphatic carbocycles. The second-order valence-electron chi connectivity index (χ2n) is 3.54. The van der Waals surface area contributed by atoms with Crippen molar-refractivity contribution in [1.29, 1.82) is 0 Å². The average molecular weight is 280 g/mol. The number of thioether (sulfide) groups is 1. The molecule has 0 saturated carbocycles. The lowest BCUT2D eigenvalue weighted by Crippen LogP contribution is -1.89. The molecule has 94 valence electrons. The van der Waals surface area contributed by atoms with Crippen LogP contribution in [-0.4, -0.2) is 18.2 Å². The Morgan fingerprint density at radius 3 is 2.89 bits per heavy atom. The van der Waals surface area contributed by atoms with Crippen LogP contribution in [0.15, 0.2) is 41.3 Å². The molecule has 0 spiro atoms. The Morgan fingerprint density at radius 2 is 2.22 bits per heavy atom. The number of carbonyl (C=O) groups is 1. The molecule has 0 atom stereocenters. The van der Waals surface area contributed by atoms with Gasteiger partial charge in [-0.2, -0.15) is 0 Å². The van der Waals surface area contributed by atoms with Gasteiger partial charge in [0.1, 0.15) is 10.6 Å². The van der Waals surface area contributed by atoms with Crippen molar-refractivity contribution in [3.05, 3.63) is 46.2 Å². The molecule has 2 rings (SSSR count). The Bertz CT molecular complexity index is 549. The highest BCUT2D eigenvalue weighted by molar-refractivity contribution is 7.98. The standard InChI is InChI=1S/C13H12O3S2/c1-16-9-3-2-4-10(7-9)17-8-11-5-6-12(18-11)13(14)15/h2-7H,8H2,1H3,(H,14,15). The molecule has 5 heteroatoms. The molecule has 0 saturated heterocycles. The minimum atomic E-state index is -0.863. The van der Waals surface area contributed by atoms with Crippen LogP contribution < -0.4 is 4.74 Å². The zero-order chi connectivity index (χ0) is 13.0. The number of ether oxygens (including phenoxy) is 1. The molecule has 0 aliphatic heterocycles. The predicted molar refractivity (Wildman–Crippen MR) is 73.8 cm³/mol. The first-order chi connectivity index (χ1) is 8.69. The van der Waals surface area contributed by atoms with Crippen LogP contribution in [0.25, 0.3) is 0 Å². The third kappa shape index (κ3) is 3.27. The second kappa shape index (κ2) is 5.93. The molecular weight excluding hydrogens is 268 g/mol. The summed E-state index contributed by atoms with van der Waals surface area (Å²) in [6.07, 6.45) is 0. The van der Waals surface area contributed by atoms with Gasteiger partial charge in [-0.05, 0) is 30.3 Å². The molecule has 18 heavy (non-hydrogen) atoms. The van der Waals surface area contributed by atoms with Crippen LogP contribution in [0.5, 0.6) is 5.75 Å². The molecule has 1 N–H and O–H groups in total. The van der Waals surface area contributed by atoms with E-state index in [9.17, 15) is 4.79 Å². The minimum absolute atomic E-state index is 0.385. The lowest BCUT2D eigenvalue weighted by Gasteiger charge is -2.03. The highest BCUT2D eigenvalue weighted by atomic mass is 32.2. The highest BCUT2D eigenvalue weighted by Gasteiger charge is 2.07. The Kier molecular flexibility index (Phi) is 4.28. The smallest absolute Gasteiger partial charge is 0.345 e. The van der Waals surface area contributed by atoms with Crippen molar-refractivity contribution < 1.29 is 14.6 Å². The van der Waals surface area contributed by atoms with Gasteiger partial charge in [0.25, 0.3) is 0 Å². The Morgan fingerprint density at radius 1 is 1.39 bits per heavy atom. The van der Waals surface area contributed by atoms with Crippen LogP contribution in [0, 0.1) is 0 Å². The van der Waals surface area contributed by atoms with E-state index in [1.165, 1.54) is 11.3 Å². The monoisotopic (exact) mass is 280 g/mol. The number of hydrogen-bond donors (Lipinski definition) is 1. The number of hydrogen-bond acceptors (Lipinski definition) is 4. The zero-order valence-electron chi connectivity index (χ0n) is 9.75. The summed E-state index contributed by atoms with van der Waals surface area (Å²) in [5, 5.41) is 8.84. The number of aromatic carboxylic acids is 1. The average Bonchev–Trinajstić information content (AvgIpc) is 2.85. The molecule has 1 heterocycles. The summed E-state index contributed by atoms with van der Waals surface area (Å²) < 4.78 is 5.15. The maximum Gasteiger partial charge on any atom is 0.345 e. The van der Waals surface area contributed by atoms with Crippen LogP contribution in [0.4, 0.5) is 0 Å². The number of rotatable bonds is 5. The van der Waals surface area contributed by atoms with Crippen LogP contribution in [0.2, 0.25) is 0 Å². The van der Waals surface area contributed by atoms with Crippen molar-refractivity contribution >= 4 is 29.1 Å². The van der Waals surface area contributed by atoms with E-state index in [1.807, 2.05) is 30.3 Å². The summed E-state index contributed by atoms with van der Waals surface area (Å²) in [5.74, 6) is 0.737. The molecule has 0 radical (unpaired) electrons. The largest absolute Gasteiger partial charge is 0.497 e. The van der Waals surface area contributed by atoms with Crippen LogP contribution in [-0.2, 0) is 5.75 Å². The number of benzene rings is 1. The van der Waals surface area contributed by atoms with Gasteiger partial charge < -0.3 is 9.84 Å². The fourth-order valence-corrected chi connectivity index (χ4v) is 3.25. The van der Waals surface area contributed by atoms with Gasteiger partial charge in [0.05, 0.1) is 7.11 Å². The van der Waals surface area contributed by atoms with Gasteiger partial charge in [-0.25, -0.2) is 4.79 Å². The molecule has 0 aliphatic rings.